The lowest BCUT2D eigenvalue weighted by Gasteiger charge is -2.11. The SMILES string of the molecule is COc1ccc2ccccc2c1N.Nc1c(S(=O)(=O)O)cc(S(=O)(=O)O)c2cccc(O)c12.Nc1cc(S(=O)(=O)O)cc2cccc(O)c12.Nc1ccc(S(=O)(=O)O)c2cccc(O)c12.Nc1ccc(S(=O)(=O)O)c2cccc(O)c12.Nc1cccc2c(O)cccc12.O=S(=O)=O.O=S(=O)=O.O=S(=O)=O.O=S(=O)=O. The summed E-state index contributed by atoms with van der Waals surface area (Å²) in [4.78, 5) is -2.53. The van der Waals surface area contributed by atoms with Crippen LogP contribution in [0.4, 0.5) is 34.1 Å². The molecule has 0 saturated heterocycles. The van der Waals surface area contributed by atoms with Gasteiger partial charge in [0.05, 0.1) is 23.4 Å². The molecule has 0 heterocycles. The first-order chi connectivity index (χ1) is 50.3. The third-order valence-corrected chi connectivity index (χ3v) is 18.0. The van der Waals surface area contributed by atoms with Crippen molar-refractivity contribution in [3.8, 4) is 34.5 Å². The fourth-order valence-corrected chi connectivity index (χ4v) is 12.8. The van der Waals surface area contributed by atoms with Crippen molar-refractivity contribution in [2.45, 2.75) is 24.5 Å². The zero-order valence-corrected chi connectivity index (χ0v) is 61.7. The van der Waals surface area contributed by atoms with Crippen LogP contribution in [-0.2, 0) is 93.0 Å². The number of phenolic OH excluding ortho intramolecular Hbond substituents is 5. The van der Waals surface area contributed by atoms with Gasteiger partial charge in [0.2, 0.25) is 0 Å². The minimum atomic E-state index is -4.84. The smallest absolute Gasteiger partial charge is 0.425 e. The Hall–Kier alpha value is -12.2. The number of ether oxygens (including phenoxy) is 1. The zero-order chi connectivity index (χ0) is 83.2. The first-order valence-electron chi connectivity index (χ1n) is 28.1. The van der Waals surface area contributed by atoms with E-state index in [2.05, 4.69) is 0 Å². The predicted octanol–water partition coefficient (Wildman–Crippen LogP) is 5.29. The topological polar surface area (TPSA) is 743 Å². The van der Waals surface area contributed by atoms with Crippen molar-refractivity contribution in [3.05, 3.63) is 188 Å². The van der Waals surface area contributed by atoms with Gasteiger partial charge in [0.25, 0.3) is 50.6 Å². The molecule has 0 aliphatic carbocycles. The number of nitrogen functional groups attached to an aromatic ring is 6. The van der Waals surface area contributed by atoms with Crippen LogP contribution in [0, 0.1) is 0 Å². The van der Waals surface area contributed by atoms with Gasteiger partial charge < -0.3 is 64.7 Å². The molecule has 12 rings (SSSR count). The van der Waals surface area contributed by atoms with Crippen LogP contribution >= 0.6 is 0 Å². The Labute approximate surface area is 621 Å². The monoisotopic (exact) mass is 1690 g/mol. The lowest BCUT2D eigenvalue weighted by Crippen LogP contribution is -2.08. The first-order valence-corrected chi connectivity index (χ1v) is 39.3. The molecule has 109 heavy (non-hydrogen) atoms. The van der Waals surface area contributed by atoms with Gasteiger partial charge in [-0.2, -0.15) is 42.1 Å². The Morgan fingerprint density at radius 1 is 0.275 bits per heavy atom. The van der Waals surface area contributed by atoms with E-state index < -0.39 is 114 Å². The zero-order valence-electron chi connectivity index (χ0n) is 54.4. The van der Waals surface area contributed by atoms with E-state index in [1.807, 2.05) is 60.7 Å². The Kier molecular flexibility index (Phi) is 32.5. The molecule has 22 N–H and O–H groups in total. The number of aromatic hydroxyl groups is 5. The van der Waals surface area contributed by atoms with Gasteiger partial charge in [-0.15, -0.1) is 50.5 Å². The molecule has 0 unspecified atom stereocenters. The summed E-state index contributed by atoms with van der Waals surface area (Å²) in [6, 6.07) is 47.6. The van der Waals surface area contributed by atoms with Crippen LogP contribution < -0.4 is 39.1 Å². The Bertz CT molecular complexity index is 6260. The summed E-state index contributed by atoms with van der Waals surface area (Å²) in [7, 11) is -33.4. The normalized spacial score (nSPS) is 10.8. The minimum absolute atomic E-state index is 0.0307. The number of hydrogen-bond acceptors (Lipinski definition) is 34. The quantitative estimate of drug-likeness (QED) is 0.0743. The molecular weight excluding hydrogens is 1630 g/mol. The molecular formula is C61H56N6O33S9. The van der Waals surface area contributed by atoms with E-state index in [4.69, 9.17) is 112 Å². The second kappa shape index (κ2) is 38.9. The highest BCUT2D eigenvalue weighted by Gasteiger charge is 2.26. The molecule has 0 saturated carbocycles. The summed E-state index contributed by atoms with van der Waals surface area (Å²) in [6.45, 7) is 0. The molecule has 12 aromatic carbocycles. The molecule has 0 spiro atoms. The third-order valence-electron chi connectivity index (χ3n) is 13.6. The Morgan fingerprint density at radius 2 is 0.615 bits per heavy atom. The van der Waals surface area contributed by atoms with Crippen molar-refractivity contribution in [3.63, 3.8) is 0 Å². The van der Waals surface area contributed by atoms with Crippen LogP contribution in [0.3, 0.4) is 0 Å². The summed E-state index contributed by atoms with van der Waals surface area (Å²) >= 11 is 0. The maximum atomic E-state index is 11.3. The molecule has 0 aliphatic rings. The standard InChI is InChI=1S/C11H11NO.C10H9NO7S2.3C10H9NO4S.C10H9NO.4O3S/c1-13-10-7-6-8-4-2-3-5-9(8)11(10)12;11-10-8(20(16,17)18)4-7(19(13,14)15)5-2-1-3-6(12)9(5)10;11-8-5-7(16(13,14)15)4-6-2-1-3-9(12)10(6)8;2*11-7-4-5-9(16(13,14)15)6-2-1-3-8(12)10(6)7;11-9-5-1-4-8-7(9)3-2-6-10(8)12;4*1-4(2)3/h2-7H,12H2,1H3;1-4,12H,11H2,(H,13,14,15)(H,16,17,18);3*1-5,12H,11H2,(H,13,14,15);1-6,12H,11H2;;;;. The number of methoxy groups -OCH3 is 1. The van der Waals surface area contributed by atoms with Gasteiger partial charge in [-0.25, -0.2) is 0 Å². The number of benzene rings is 12. The van der Waals surface area contributed by atoms with E-state index in [0.717, 1.165) is 39.4 Å². The second-order valence-corrected chi connectivity index (χ2v) is 29.0. The number of anilines is 6. The van der Waals surface area contributed by atoms with Crippen molar-refractivity contribution >= 4 is 192 Å². The average molecular weight is 1690 g/mol. The Morgan fingerprint density at radius 3 is 1.02 bits per heavy atom. The highest BCUT2D eigenvalue weighted by molar-refractivity contribution is 7.87. The van der Waals surface area contributed by atoms with Crippen LogP contribution in [0.15, 0.2) is 213 Å². The van der Waals surface area contributed by atoms with Gasteiger partial charge >= 0.3 is 42.4 Å². The average Bonchev–Trinajstić information content (AvgIpc) is 0.752. The highest BCUT2D eigenvalue weighted by atomic mass is 32.2. The highest BCUT2D eigenvalue weighted by Crippen LogP contribution is 2.40. The molecule has 39 nitrogen and oxygen atoms in total. The predicted molar refractivity (Wildman–Crippen MR) is 393 cm³/mol. The Balaban J connectivity index is 0.000000327. The van der Waals surface area contributed by atoms with Gasteiger partial charge in [-0.05, 0) is 95.7 Å². The molecule has 0 atom stereocenters. The van der Waals surface area contributed by atoms with Crippen molar-refractivity contribution in [2.75, 3.05) is 41.5 Å². The van der Waals surface area contributed by atoms with Crippen molar-refractivity contribution in [1.29, 1.82) is 0 Å². The summed E-state index contributed by atoms with van der Waals surface area (Å²) in [5.74, 6) is 0.242. The van der Waals surface area contributed by atoms with Crippen molar-refractivity contribution < 1.29 is 146 Å². The molecule has 582 valence electrons. The first kappa shape index (κ1) is 91.0. The summed E-state index contributed by atoms with van der Waals surface area (Å²) in [5.41, 5.74) is 35.5. The van der Waals surface area contributed by atoms with E-state index in [9.17, 15) is 67.6 Å². The van der Waals surface area contributed by atoms with Crippen LogP contribution in [0.5, 0.6) is 34.5 Å². The number of phenols is 5. The molecule has 48 heteroatoms. The fourth-order valence-electron chi connectivity index (χ4n) is 9.41. The summed E-state index contributed by atoms with van der Waals surface area (Å²) in [5, 5.41) is 52.9. The lowest BCUT2D eigenvalue weighted by atomic mass is 10.1. The molecule has 0 bridgehead atoms. The van der Waals surface area contributed by atoms with E-state index in [-0.39, 0.29) is 87.1 Å². The minimum Gasteiger partial charge on any atom is -0.507 e. The number of fused-ring (bicyclic) bond motifs is 6. The summed E-state index contributed by atoms with van der Waals surface area (Å²) in [6.07, 6.45) is 0. The van der Waals surface area contributed by atoms with E-state index in [0.29, 0.717) is 28.2 Å². The van der Waals surface area contributed by atoms with E-state index in [1.54, 1.807) is 31.4 Å². The van der Waals surface area contributed by atoms with Crippen molar-refractivity contribution in [2.24, 2.45) is 0 Å². The van der Waals surface area contributed by atoms with Crippen LogP contribution in [-0.4, -0.2) is 148 Å². The molecule has 0 radical (unpaired) electrons. The molecule has 12 aromatic rings. The second-order valence-electron chi connectivity index (χ2n) is 20.4. The van der Waals surface area contributed by atoms with Gasteiger partial charge in [-0.3, -0.25) is 22.8 Å². The largest absolute Gasteiger partial charge is 0.507 e. The third kappa shape index (κ3) is 26.7. The van der Waals surface area contributed by atoms with Crippen LogP contribution in [0.1, 0.15) is 0 Å². The van der Waals surface area contributed by atoms with Gasteiger partial charge in [-0.1, -0.05) is 103 Å². The fraction of sp³-hybridized carbons (Fsp3) is 0.0164. The van der Waals surface area contributed by atoms with Crippen LogP contribution in [0.25, 0.3) is 64.6 Å². The maximum absolute atomic E-state index is 11.3. The molecule has 0 amide bonds. The number of hydrogen-bond donors (Lipinski definition) is 16. The molecule has 0 aliphatic heterocycles. The maximum Gasteiger partial charge on any atom is 0.425 e. The lowest BCUT2D eigenvalue weighted by molar-refractivity contribution is 0.417. The van der Waals surface area contributed by atoms with Crippen molar-refractivity contribution in [1.82, 2.24) is 0 Å². The van der Waals surface area contributed by atoms with Gasteiger partial charge in [0.1, 0.15) is 54.1 Å². The van der Waals surface area contributed by atoms with Gasteiger partial charge in [0.15, 0.2) is 0 Å². The van der Waals surface area contributed by atoms with Gasteiger partial charge in [0, 0.05) is 76.6 Å². The number of nitrogens with two attached hydrogens (primary N) is 6. The number of rotatable bonds is 6. The molecule has 0 aromatic heterocycles. The van der Waals surface area contributed by atoms with E-state index in [1.165, 1.54) is 84.9 Å². The summed E-state index contributed by atoms with van der Waals surface area (Å²) < 4.78 is 263. The van der Waals surface area contributed by atoms with E-state index >= 15 is 0 Å². The molecule has 0 fully saturated rings. The van der Waals surface area contributed by atoms with Crippen LogP contribution in [0.2, 0.25) is 0 Å².